The fourth-order valence-corrected chi connectivity index (χ4v) is 1.40. The van der Waals surface area contributed by atoms with Crippen molar-refractivity contribution in [3.05, 3.63) is 24.3 Å². The number of alkyl carbamates (subject to hydrolysis) is 1. The van der Waals surface area contributed by atoms with Gasteiger partial charge in [-0.2, -0.15) is 5.26 Å². The molecule has 110 valence electrons. The number of nitrogens with zero attached hydrogens (tertiary/aromatic N) is 2. The number of para-hydroxylation sites is 2. The van der Waals surface area contributed by atoms with Gasteiger partial charge in [0.05, 0.1) is 19.8 Å². The Labute approximate surface area is 122 Å². The molecule has 0 spiro atoms. The van der Waals surface area contributed by atoms with Crippen LogP contribution in [0.4, 0.5) is 10.5 Å². The lowest BCUT2D eigenvalue weighted by atomic mass is 10.2. The Morgan fingerprint density at radius 3 is 2.81 bits per heavy atom. The fraction of sp³-hybridized carbons (Fsp3) is 0.286. The standard InChI is InChI=1S/C14H15N3O4/c1-3-21-14(19)17-13(18)10(8-15)9-16-11-6-4-5-7-12(11)20-2/h4-7,9-10H,3H2,1-2H3,(H,17,18,19). The summed E-state index contributed by atoms with van der Waals surface area (Å²) in [5, 5.41) is 10.9. The smallest absolute Gasteiger partial charge is 0.413 e. The molecule has 7 heteroatoms. The zero-order valence-electron chi connectivity index (χ0n) is 11.7. The molecule has 1 N–H and O–H groups in total. The molecule has 1 aromatic carbocycles. The van der Waals surface area contributed by atoms with E-state index in [0.717, 1.165) is 6.21 Å². The summed E-state index contributed by atoms with van der Waals surface area (Å²) in [6.07, 6.45) is 0.250. The topological polar surface area (TPSA) is 101 Å². The SMILES string of the molecule is CCOC(=O)NC(=O)C(C#N)C=Nc1ccccc1OC. The number of ether oxygens (including phenoxy) is 2. The molecule has 1 aromatic rings. The van der Waals surface area contributed by atoms with Crippen molar-refractivity contribution in [3.8, 4) is 11.8 Å². The van der Waals surface area contributed by atoms with Crippen LogP contribution in [0.1, 0.15) is 6.92 Å². The van der Waals surface area contributed by atoms with Crippen LogP contribution < -0.4 is 10.1 Å². The van der Waals surface area contributed by atoms with E-state index in [9.17, 15) is 9.59 Å². The van der Waals surface area contributed by atoms with Crippen LogP contribution in [0.15, 0.2) is 29.3 Å². The Bertz CT molecular complexity index is 578. The van der Waals surface area contributed by atoms with E-state index in [1.54, 1.807) is 37.3 Å². The molecule has 21 heavy (non-hydrogen) atoms. The van der Waals surface area contributed by atoms with E-state index in [1.165, 1.54) is 7.11 Å². The van der Waals surface area contributed by atoms with E-state index < -0.39 is 17.9 Å². The number of hydrogen-bond acceptors (Lipinski definition) is 6. The largest absolute Gasteiger partial charge is 0.494 e. The van der Waals surface area contributed by atoms with Gasteiger partial charge in [-0.25, -0.2) is 4.79 Å². The van der Waals surface area contributed by atoms with E-state index in [1.807, 2.05) is 5.32 Å². The predicted molar refractivity (Wildman–Crippen MR) is 75.4 cm³/mol. The average molecular weight is 289 g/mol. The first kappa shape index (κ1) is 16.2. The minimum absolute atomic E-state index is 0.131. The summed E-state index contributed by atoms with van der Waals surface area (Å²) in [4.78, 5) is 26.8. The number of nitriles is 1. The summed E-state index contributed by atoms with van der Waals surface area (Å²) < 4.78 is 9.66. The van der Waals surface area contributed by atoms with Gasteiger partial charge in [0, 0.05) is 6.21 Å². The summed E-state index contributed by atoms with van der Waals surface area (Å²) >= 11 is 0. The zero-order chi connectivity index (χ0) is 15.7. The van der Waals surface area contributed by atoms with Crippen LogP contribution in [0.2, 0.25) is 0 Å². The second-order valence-electron chi connectivity index (χ2n) is 3.77. The Hall–Kier alpha value is -2.88. The molecule has 1 atom stereocenters. The van der Waals surface area contributed by atoms with Crippen molar-refractivity contribution in [2.45, 2.75) is 6.92 Å². The normalized spacial score (nSPS) is 11.5. The third kappa shape index (κ3) is 4.95. The highest BCUT2D eigenvalue weighted by Crippen LogP contribution is 2.25. The number of carbonyl (C=O) groups excluding carboxylic acids is 2. The number of methoxy groups -OCH3 is 1. The van der Waals surface area contributed by atoms with Gasteiger partial charge in [0.25, 0.3) is 5.91 Å². The van der Waals surface area contributed by atoms with Crippen LogP contribution in [0.3, 0.4) is 0 Å². The second-order valence-corrected chi connectivity index (χ2v) is 3.77. The maximum Gasteiger partial charge on any atom is 0.413 e. The first-order valence-electron chi connectivity index (χ1n) is 6.16. The lowest BCUT2D eigenvalue weighted by Crippen LogP contribution is -2.36. The highest BCUT2D eigenvalue weighted by Gasteiger charge is 2.18. The molecule has 1 unspecified atom stereocenters. The third-order valence-electron chi connectivity index (χ3n) is 2.37. The maximum absolute atomic E-state index is 11.7. The van der Waals surface area contributed by atoms with Crippen LogP contribution in [-0.4, -0.2) is 31.9 Å². The van der Waals surface area contributed by atoms with Crippen molar-refractivity contribution in [1.29, 1.82) is 5.26 Å². The summed E-state index contributed by atoms with van der Waals surface area (Å²) in [5.74, 6) is -1.50. The number of carbonyl (C=O) groups is 2. The molecule has 2 amide bonds. The van der Waals surface area contributed by atoms with Crippen molar-refractivity contribution in [1.82, 2.24) is 5.32 Å². The van der Waals surface area contributed by atoms with Crippen LogP contribution in [-0.2, 0) is 9.53 Å². The zero-order valence-corrected chi connectivity index (χ0v) is 11.7. The van der Waals surface area contributed by atoms with Crippen molar-refractivity contribution in [2.75, 3.05) is 13.7 Å². The second kappa shape index (κ2) is 8.32. The lowest BCUT2D eigenvalue weighted by molar-refractivity contribution is -0.121. The molecular formula is C14H15N3O4. The molecule has 0 heterocycles. The monoisotopic (exact) mass is 289 g/mol. The highest BCUT2D eigenvalue weighted by atomic mass is 16.5. The first-order chi connectivity index (χ1) is 10.1. The molecular weight excluding hydrogens is 274 g/mol. The van der Waals surface area contributed by atoms with Gasteiger partial charge in [-0.05, 0) is 19.1 Å². The van der Waals surface area contributed by atoms with Gasteiger partial charge in [0.2, 0.25) is 0 Å². The Kier molecular flexibility index (Phi) is 6.41. The number of benzene rings is 1. The van der Waals surface area contributed by atoms with Crippen LogP contribution in [0, 0.1) is 17.2 Å². The summed E-state index contributed by atoms with van der Waals surface area (Å²) in [7, 11) is 1.49. The van der Waals surface area contributed by atoms with Gasteiger partial charge in [-0.15, -0.1) is 0 Å². The minimum atomic E-state index is -1.21. The highest BCUT2D eigenvalue weighted by molar-refractivity contribution is 6.03. The van der Waals surface area contributed by atoms with Crippen LogP contribution >= 0.6 is 0 Å². The number of nitrogens with one attached hydrogen (secondary N) is 1. The van der Waals surface area contributed by atoms with Crippen molar-refractivity contribution < 1.29 is 19.1 Å². The van der Waals surface area contributed by atoms with Crippen molar-refractivity contribution in [2.24, 2.45) is 10.9 Å². The molecule has 0 saturated heterocycles. The van der Waals surface area contributed by atoms with Gasteiger partial charge < -0.3 is 9.47 Å². The number of rotatable bonds is 5. The van der Waals surface area contributed by atoms with Gasteiger partial charge in [0.1, 0.15) is 11.4 Å². The molecule has 0 aromatic heterocycles. The minimum Gasteiger partial charge on any atom is -0.494 e. The molecule has 0 aliphatic rings. The van der Waals surface area contributed by atoms with Gasteiger partial charge in [0.15, 0.2) is 5.92 Å². The predicted octanol–water partition coefficient (Wildman–Crippen LogP) is 1.81. The quantitative estimate of drug-likeness (QED) is 0.833. The Balaban J connectivity index is 2.78. The van der Waals surface area contributed by atoms with Gasteiger partial charge in [-0.3, -0.25) is 15.1 Å². The number of hydrogen-bond donors (Lipinski definition) is 1. The molecule has 7 nitrogen and oxygen atoms in total. The summed E-state index contributed by atoms with van der Waals surface area (Å²) in [6.45, 7) is 1.74. The third-order valence-corrected chi connectivity index (χ3v) is 2.37. The molecule has 1 rings (SSSR count). The summed E-state index contributed by atoms with van der Waals surface area (Å²) in [6, 6.07) is 8.64. The summed E-state index contributed by atoms with van der Waals surface area (Å²) in [5.41, 5.74) is 0.476. The van der Waals surface area contributed by atoms with E-state index >= 15 is 0 Å². The molecule has 0 aliphatic heterocycles. The molecule has 0 bridgehead atoms. The average Bonchev–Trinajstić information content (AvgIpc) is 2.48. The van der Waals surface area contributed by atoms with E-state index in [2.05, 4.69) is 9.73 Å². The Morgan fingerprint density at radius 1 is 1.48 bits per heavy atom. The number of aliphatic imine (C=N–C) groups is 1. The number of imide groups is 1. The van der Waals surface area contributed by atoms with E-state index in [4.69, 9.17) is 10.00 Å². The molecule has 0 aliphatic carbocycles. The fourth-order valence-electron chi connectivity index (χ4n) is 1.40. The van der Waals surface area contributed by atoms with Crippen LogP contribution in [0.25, 0.3) is 0 Å². The molecule has 0 radical (unpaired) electrons. The van der Waals surface area contributed by atoms with Gasteiger partial charge in [-0.1, -0.05) is 12.1 Å². The van der Waals surface area contributed by atoms with Crippen LogP contribution in [0.5, 0.6) is 5.75 Å². The molecule has 0 fully saturated rings. The van der Waals surface area contributed by atoms with Gasteiger partial charge >= 0.3 is 6.09 Å². The lowest BCUT2D eigenvalue weighted by Gasteiger charge is -2.06. The molecule has 0 saturated carbocycles. The number of amides is 2. The maximum atomic E-state index is 11.7. The Morgan fingerprint density at radius 2 is 2.19 bits per heavy atom. The van der Waals surface area contributed by atoms with E-state index in [-0.39, 0.29) is 6.61 Å². The van der Waals surface area contributed by atoms with Crippen molar-refractivity contribution in [3.63, 3.8) is 0 Å². The first-order valence-corrected chi connectivity index (χ1v) is 6.16. The van der Waals surface area contributed by atoms with Crippen molar-refractivity contribution >= 4 is 23.9 Å². The van der Waals surface area contributed by atoms with E-state index in [0.29, 0.717) is 11.4 Å².